The molecule has 1 aromatic rings. The van der Waals surface area contributed by atoms with Crippen molar-refractivity contribution in [2.24, 2.45) is 0 Å². The van der Waals surface area contributed by atoms with Crippen molar-refractivity contribution in [3.63, 3.8) is 0 Å². The Hall–Kier alpha value is -1.82. The minimum Gasteiger partial charge on any atom is -0.490 e. The van der Waals surface area contributed by atoms with Crippen LogP contribution < -0.4 is 15.0 Å². The number of rotatable bonds is 4. The quantitative estimate of drug-likeness (QED) is 0.676. The third kappa shape index (κ3) is 2.70. The Labute approximate surface area is 118 Å². The molecule has 1 aliphatic rings. The van der Waals surface area contributed by atoms with Gasteiger partial charge in [-0.15, -0.1) is 0 Å². The fraction of sp³-hybridized carbons (Fsp3) is 0.571. The maximum absolute atomic E-state index is 11.3. The number of nitrogens with zero attached hydrogens (tertiary/aromatic N) is 2. The fourth-order valence-corrected chi connectivity index (χ4v) is 2.61. The van der Waals surface area contributed by atoms with Crippen LogP contribution in [0.25, 0.3) is 0 Å². The molecular weight excluding hydrogens is 258 g/mol. The Bertz CT molecular complexity index is 496. The van der Waals surface area contributed by atoms with Crippen LogP contribution in [0, 0.1) is 10.1 Å². The molecule has 1 heterocycles. The summed E-state index contributed by atoms with van der Waals surface area (Å²) < 4.78 is 5.12. The van der Waals surface area contributed by atoms with E-state index in [0.717, 1.165) is 25.9 Å². The van der Waals surface area contributed by atoms with E-state index in [0.29, 0.717) is 11.4 Å². The van der Waals surface area contributed by atoms with Gasteiger partial charge in [0.15, 0.2) is 5.75 Å². The van der Waals surface area contributed by atoms with E-state index in [1.165, 1.54) is 7.11 Å². The molecule has 1 aliphatic heterocycles. The smallest absolute Gasteiger partial charge is 0.333 e. The van der Waals surface area contributed by atoms with Gasteiger partial charge in [-0.2, -0.15) is 0 Å². The number of piperidine rings is 1. The monoisotopic (exact) mass is 279 g/mol. The second-order valence-electron chi connectivity index (χ2n) is 5.38. The van der Waals surface area contributed by atoms with Crippen LogP contribution in [0.5, 0.6) is 5.75 Å². The second-order valence-corrected chi connectivity index (χ2v) is 5.38. The van der Waals surface area contributed by atoms with Crippen LogP contribution >= 0.6 is 0 Å². The van der Waals surface area contributed by atoms with Gasteiger partial charge >= 0.3 is 5.69 Å². The maximum atomic E-state index is 11.3. The summed E-state index contributed by atoms with van der Waals surface area (Å²) in [7, 11) is 3.42. The zero-order valence-corrected chi connectivity index (χ0v) is 12.2. The highest BCUT2D eigenvalue weighted by Gasteiger charge is 2.32. The zero-order valence-electron chi connectivity index (χ0n) is 12.2. The second kappa shape index (κ2) is 5.66. The normalized spacial score (nSPS) is 17.9. The first-order valence-corrected chi connectivity index (χ1v) is 6.76. The number of hydrogen-bond donors (Lipinski definition) is 1. The SMILES string of the molecule is CNC1(C)CCN(c2cccc(OC)c2[N+](=O)[O-])CC1. The first-order valence-electron chi connectivity index (χ1n) is 6.76. The van der Waals surface area contributed by atoms with Gasteiger partial charge in [-0.05, 0) is 38.9 Å². The molecule has 0 aliphatic carbocycles. The summed E-state index contributed by atoms with van der Waals surface area (Å²) in [5, 5.41) is 14.6. The van der Waals surface area contributed by atoms with Crippen LogP contribution in [-0.2, 0) is 0 Å². The predicted octanol–water partition coefficient (Wildman–Crippen LogP) is 2.18. The van der Waals surface area contributed by atoms with E-state index in [9.17, 15) is 10.1 Å². The van der Waals surface area contributed by atoms with Crippen molar-refractivity contribution in [1.29, 1.82) is 0 Å². The zero-order chi connectivity index (χ0) is 14.8. The maximum Gasteiger partial charge on any atom is 0.333 e. The first-order chi connectivity index (χ1) is 9.50. The summed E-state index contributed by atoms with van der Waals surface area (Å²) in [5.74, 6) is 0.314. The highest BCUT2D eigenvalue weighted by Crippen LogP contribution is 2.38. The van der Waals surface area contributed by atoms with Crippen LogP contribution in [0.2, 0.25) is 0 Å². The number of methoxy groups -OCH3 is 1. The van der Waals surface area contributed by atoms with Crippen molar-refractivity contribution in [3.8, 4) is 5.75 Å². The average molecular weight is 279 g/mol. The van der Waals surface area contributed by atoms with Gasteiger partial charge in [0.1, 0.15) is 5.69 Å². The lowest BCUT2D eigenvalue weighted by atomic mass is 9.89. The molecule has 1 saturated heterocycles. The standard InChI is InChI=1S/C14H21N3O3/c1-14(15-2)7-9-16(10-8-14)11-5-4-6-12(20-3)13(11)17(18)19/h4-6,15H,7-10H2,1-3H3. The molecule has 0 atom stereocenters. The molecule has 1 fully saturated rings. The van der Waals surface area contributed by atoms with Crippen molar-refractivity contribution in [3.05, 3.63) is 28.3 Å². The number of anilines is 1. The molecule has 6 nitrogen and oxygen atoms in total. The summed E-state index contributed by atoms with van der Waals surface area (Å²) in [6, 6.07) is 5.22. The molecular formula is C14H21N3O3. The Kier molecular flexibility index (Phi) is 4.13. The van der Waals surface area contributed by atoms with E-state index in [2.05, 4.69) is 17.1 Å². The molecule has 6 heteroatoms. The van der Waals surface area contributed by atoms with Gasteiger partial charge < -0.3 is 15.0 Å². The molecule has 0 amide bonds. The van der Waals surface area contributed by atoms with Gasteiger partial charge in [0.25, 0.3) is 0 Å². The molecule has 0 bridgehead atoms. The molecule has 0 radical (unpaired) electrons. The summed E-state index contributed by atoms with van der Waals surface area (Å²) >= 11 is 0. The van der Waals surface area contributed by atoms with Gasteiger partial charge in [-0.3, -0.25) is 10.1 Å². The summed E-state index contributed by atoms with van der Waals surface area (Å²) in [5.41, 5.74) is 0.819. The number of nitrogens with one attached hydrogen (secondary N) is 1. The van der Waals surface area contributed by atoms with Crippen molar-refractivity contribution < 1.29 is 9.66 Å². The van der Waals surface area contributed by atoms with Gasteiger partial charge in [0, 0.05) is 18.6 Å². The van der Waals surface area contributed by atoms with Crippen molar-refractivity contribution in [2.75, 3.05) is 32.1 Å². The third-order valence-electron chi connectivity index (χ3n) is 4.19. The van der Waals surface area contributed by atoms with E-state index in [1.807, 2.05) is 7.05 Å². The van der Waals surface area contributed by atoms with Gasteiger partial charge in [-0.1, -0.05) is 6.07 Å². The van der Waals surface area contributed by atoms with Crippen LogP contribution in [-0.4, -0.2) is 37.7 Å². The third-order valence-corrected chi connectivity index (χ3v) is 4.19. The molecule has 0 spiro atoms. The van der Waals surface area contributed by atoms with Crippen LogP contribution in [0.3, 0.4) is 0 Å². The Morgan fingerprint density at radius 3 is 2.55 bits per heavy atom. The molecule has 20 heavy (non-hydrogen) atoms. The molecule has 110 valence electrons. The highest BCUT2D eigenvalue weighted by atomic mass is 16.6. The number of para-hydroxylation sites is 1. The van der Waals surface area contributed by atoms with Gasteiger partial charge in [0.05, 0.1) is 12.0 Å². The van der Waals surface area contributed by atoms with E-state index < -0.39 is 0 Å². The predicted molar refractivity (Wildman–Crippen MR) is 78.6 cm³/mol. The Morgan fingerprint density at radius 2 is 2.05 bits per heavy atom. The van der Waals surface area contributed by atoms with Crippen molar-refractivity contribution in [2.45, 2.75) is 25.3 Å². The molecule has 1 N–H and O–H groups in total. The molecule has 0 saturated carbocycles. The van der Waals surface area contributed by atoms with E-state index in [4.69, 9.17) is 4.74 Å². The number of benzene rings is 1. The minimum absolute atomic E-state index is 0.0584. The fourth-order valence-electron chi connectivity index (χ4n) is 2.61. The summed E-state index contributed by atoms with van der Waals surface area (Å²) in [6.45, 7) is 3.78. The Morgan fingerprint density at radius 1 is 1.40 bits per heavy atom. The van der Waals surface area contributed by atoms with E-state index in [1.54, 1.807) is 18.2 Å². The first kappa shape index (κ1) is 14.6. The molecule has 0 aromatic heterocycles. The molecule has 0 unspecified atom stereocenters. The van der Waals surface area contributed by atoms with Crippen LogP contribution in [0.4, 0.5) is 11.4 Å². The largest absolute Gasteiger partial charge is 0.490 e. The number of hydrogen-bond acceptors (Lipinski definition) is 5. The van der Waals surface area contributed by atoms with Crippen molar-refractivity contribution in [1.82, 2.24) is 5.32 Å². The van der Waals surface area contributed by atoms with Gasteiger partial charge in [-0.25, -0.2) is 0 Å². The van der Waals surface area contributed by atoms with Crippen LogP contribution in [0.15, 0.2) is 18.2 Å². The lowest BCUT2D eigenvalue weighted by Gasteiger charge is -2.40. The number of ether oxygens (including phenoxy) is 1. The average Bonchev–Trinajstić information content (AvgIpc) is 2.47. The van der Waals surface area contributed by atoms with Gasteiger partial charge in [0.2, 0.25) is 0 Å². The number of nitro groups is 1. The van der Waals surface area contributed by atoms with Crippen molar-refractivity contribution >= 4 is 11.4 Å². The lowest BCUT2D eigenvalue weighted by Crippen LogP contribution is -2.50. The summed E-state index contributed by atoms with van der Waals surface area (Å²) in [6.07, 6.45) is 1.91. The highest BCUT2D eigenvalue weighted by molar-refractivity contribution is 5.70. The molecule has 1 aromatic carbocycles. The van der Waals surface area contributed by atoms with E-state index >= 15 is 0 Å². The minimum atomic E-state index is -0.361. The number of nitro benzene ring substituents is 1. The molecule has 2 rings (SSSR count). The Balaban J connectivity index is 2.28. The van der Waals surface area contributed by atoms with E-state index in [-0.39, 0.29) is 16.1 Å². The van der Waals surface area contributed by atoms with Crippen LogP contribution in [0.1, 0.15) is 19.8 Å². The summed E-state index contributed by atoms with van der Waals surface area (Å²) in [4.78, 5) is 13.0. The lowest BCUT2D eigenvalue weighted by molar-refractivity contribution is -0.385. The topological polar surface area (TPSA) is 67.6 Å².